The molecule has 32 heavy (non-hydrogen) atoms. The van der Waals surface area contributed by atoms with Crippen molar-refractivity contribution in [1.29, 1.82) is 5.26 Å². The van der Waals surface area contributed by atoms with Crippen molar-refractivity contribution in [3.8, 4) is 17.5 Å². The number of benzene rings is 2. The van der Waals surface area contributed by atoms with Gasteiger partial charge in [-0.1, -0.05) is 48.2 Å². The van der Waals surface area contributed by atoms with Gasteiger partial charge in [0.25, 0.3) is 0 Å². The number of imidazole rings is 1. The van der Waals surface area contributed by atoms with Crippen molar-refractivity contribution in [1.82, 2.24) is 19.4 Å². The number of rotatable bonds is 7. The van der Waals surface area contributed by atoms with Gasteiger partial charge >= 0.3 is 0 Å². The molecule has 0 bridgehead atoms. The van der Waals surface area contributed by atoms with E-state index in [0.717, 1.165) is 22.2 Å². The molecule has 0 N–H and O–H groups in total. The summed E-state index contributed by atoms with van der Waals surface area (Å²) in [6.07, 6.45) is 3.61. The minimum Gasteiger partial charge on any atom is -0.497 e. The Morgan fingerprint density at radius 1 is 1.16 bits per heavy atom. The van der Waals surface area contributed by atoms with Crippen LogP contribution >= 0.6 is 11.8 Å². The fourth-order valence-corrected chi connectivity index (χ4v) is 4.68. The molecule has 3 aromatic rings. The molecule has 1 aromatic heterocycles. The van der Waals surface area contributed by atoms with Gasteiger partial charge in [-0.25, -0.2) is 4.98 Å². The average molecular weight is 448 g/mol. The van der Waals surface area contributed by atoms with E-state index in [4.69, 9.17) is 4.74 Å². The number of nitrogens with zero attached hydrogens (tertiary/aromatic N) is 5. The van der Waals surface area contributed by atoms with E-state index >= 15 is 0 Å². The van der Waals surface area contributed by atoms with Crippen LogP contribution in [0.3, 0.4) is 0 Å². The lowest BCUT2D eigenvalue weighted by molar-refractivity contribution is -0.130. The van der Waals surface area contributed by atoms with Crippen molar-refractivity contribution in [3.63, 3.8) is 0 Å². The second-order valence-electron chi connectivity index (χ2n) is 7.43. The van der Waals surface area contributed by atoms with E-state index < -0.39 is 0 Å². The molecule has 7 nitrogen and oxygen atoms in total. The zero-order valence-electron chi connectivity index (χ0n) is 17.9. The average Bonchev–Trinajstić information content (AvgIpc) is 3.33. The topological polar surface area (TPSA) is 74.4 Å². The minimum atomic E-state index is -0.279. The largest absolute Gasteiger partial charge is 0.497 e. The molecule has 1 unspecified atom stereocenters. The van der Waals surface area contributed by atoms with E-state index in [-0.39, 0.29) is 11.9 Å². The van der Waals surface area contributed by atoms with E-state index in [1.165, 1.54) is 11.8 Å². The molecule has 2 aromatic carbocycles. The number of piperazine rings is 1. The Morgan fingerprint density at radius 3 is 2.66 bits per heavy atom. The van der Waals surface area contributed by atoms with Crippen molar-refractivity contribution in [2.75, 3.05) is 39.0 Å². The predicted molar refractivity (Wildman–Crippen MR) is 124 cm³/mol. The van der Waals surface area contributed by atoms with Gasteiger partial charge in [0.1, 0.15) is 11.8 Å². The summed E-state index contributed by atoms with van der Waals surface area (Å²) in [4.78, 5) is 21.3. The van der Waals surface area contributed by atoms with E-state index in [1.54, 1.807) is 13.3 Å². The summed E-state index contributed by atoms with van der Waals surface area (Å²) in [5, 5.41) is 10.4. The van der Waals surface area contributed by atoms with Crippen LogP contribution < -0.4 is 4.74 Å². The number of carbonyl (C=O) groups excluding carboxylic acids is 1. The fourth-order valence-electron chi connectivity index (χ4n) is 3.80. The number of hydrogen-bond donors (Lipinski definition) is 0. The summed E-state index contributed by atoms with van der Waals surface area (Å²) in [6.45, 7) is 2.60. The molecule has 1 aliphatic heterocycles. The number of ether oxygens (including phenoxy) is 1. The van der Waals surface area contributed by atoms with Crippen LogP contribution in [0.5, 0.6) is 5.75 Å². The third kappa shape index (κ3) is 4.96. The van der Waals surface area contributed by atoms with Gasteiger partial charge in [0, 0.05) is 44.6 Å². The Kier molecular flexibility index (Phi) is 7.10. The van der Waals surface area contributed by atoms with Gasteiger partial charge in [0.15, 0.2) is 5.16 Å². The molecule has 0 radical (unpaired) electrons. The molecule has 1 amide bonds. The second-order valence-corrected chi connectivity index (χ2v) is 8.37. The molecule has 4 rings (SSSR count). The third-order valence-corrected chi connectivity index (χ3v) is 6.48. The third-order valence-electron chi connectivity index (χ3n) is 5.53. The highest BCUT2D eigenvalue weighted by atomic mass is 32.2. The van der Waals surface area contributed by atoms with Crippen molar-refractivity contribution in [3.05, 3.63) is 72.6 Å². The molecule has 0 aliphatic carbocycles. The molecule has 1 fully saturated rings. The van der Waals surface area contributed by atoms with Gasteiger partial charge in [-0.2, -0.15) is 5.26 Å². The highest BCUT2D eigenvalue weighted by Gasteiger charge is 2.27. The maximum absolute atomic E-state index is 12.8. The van der Waals surface area contributed by atoms with E-state index in [9.17, 15) is 10.1 Å². The lowest BCUT2D eigenvalue weighted by Gasteiger charge is -2.37. The van der Waals surface area contributed by atoms with Gasteiger partial charge in [0.05, 0.1) is 24.6 Å². The Labute approximate surface area is 192 Å². The first-order valence-corrected chi connectivity index (χ1v) is 11.4. The quantitative estimate of drug-likeness (QED) is 0.517. The number of amides is 1. The van der Waals surface area contributed by atoms with E-state index in [2.05, 4.69) is 16.0 Å². The Morgan fingerprint density at radius 2 is 1.94 bits per heavy atom. The second kappa shape index (κ2) is 10.4. The number of aromatic nitrogens is 2. The standard InChI is InChI=1S/C24H25N5O2S/c1-31-21-9-5-8-20(16-21)29-11-10-26-24(29)32-18-23(30)28-14-12-27(13-15-28)22(17-25)19-6-3-2-4-7-19/h2-11,16,22H,12-15,18H2,1H3. The Hall–Kier alpha value is -3.28. The number of carbonyl (C=O) groups is 1. The van der Waals surface area contributed by atoms with Crippen LogP contribution in [-0.4, -0.2) is 64.3 Å². The minimum absolute atomic E-state index is 0.0862. The number of nitriles is 1. The van der Waals surface area contributed by atoms with Crippen molar-refractivity contribution < 1.29 is 9.53 Å². The van der Waals surface area contributed by atoms with Gasteiger partial charge < -0.3 is 9.64 Å². The predicted octanol–water partition coefficient (Wildman–Crippen LogP) is 3.38. The maximum atomic E-state index is 12.8. The molecule has 1 aliphatic rings. The summed E-state index contributed by atoms with van der Waals surface area (Å²) in [7, 11) is 1.64. The highest BCUT2D eigenvalue weighted by molar-refractivity contribution is 7.99. The van der Waals surface area contributed by atoms with Gasteiger partial charge in [-0.05, 0) is 17.7 Å². The van der Waals surface area contributed by atoms with Crippen molar-refractivity contribution in [2.45, 2.75) is 11.2 Å². The molecular formula is C24H25N5O2S. The highest BCUT2D eigenvalue weighted by Crippen LogP contribution is 2.25. The molecule has 0 saturated carbocycles. The lowest BCUT2D eigenvalue weighted by atomic mass is 10.1. The first-order chi connectivity index (χ1) is 15.7. The van der Waals surface area contributed by atoms with Crippen molar-refractivity contribution in [2.24, 2.45) is 0 Å². The molecule has 0 spiro atoms. The monoisotopic (exact) mass is 447 g/mol. The van der Waals surface area contributed by atoms with Gasteiger partial charge in [-0.15, -0.1) is 0 Å². The van der Waals surface area contributed by atoms with Gasteiger partial charge in [-0.3, -0.25) is 14.3 Å². The van der Waals surface area contributed by atoms with Crippen molar-refractivity contribution >= 4 is 17.7 Å². The lowest BCUT2D eigenvalue weighted by Crippen LogP contribution is -2.50. The number of methoxy groups -OCH3 is 1. The van der Waals surface area contributed by atoms with E-state index in [0.29, 0.717) is 31.9 Å². The fraction of sp³-hybridized carbons (Fsp3) is 0.292. The number of thioether (sulfide) groups is 1. The summed E-state index contributed by atoms with van der Waals surface area (Å²) in [6, 6.07) is 19.7. The summed E-state index contributed by atoms with van der Waals surface area (Å²) < 4.78 is 7.26. The zero-order valence-corrected chi connectivity index (χ0v) is 18.7. The van der Waals surface area contributed by atoms with Crippen LogP contribution in [0, 0.1) is 11.3 Å². The molecular weight excluding hydrogens is 422 g/mol. The first kappa shape index (κ1) is 21.9. The first-order valence-electron chi connectivity index (χ1n) is 10.5. The van der Waals surface area contributed by atoms with Crippen LogP contribution in [0.2, 0.25) is 0 Å². The van der Waals surface area contributed by atoms with Crippen LogP contribution in [-0.2, 0) is 4.79 Å². The van der Waals surface area contributed by atoms with Crippen LogP contribution in [0.15, 0.2) is 72.1 Å². The van der Waals surface area contributed by atoms with Crippen LogP contribution in [0.25, 0.3) is 5.69 Å². The molecule has 2 heterocycles. The SMILES string of the molecule is COc1cccc(-n2ccnc2SCC(=O)N2CCN(C(C#N)c3ccccc3)CC2)c1. The summed E-state index contributed by atoms with van der Waals surface area (Å²) in [5.41, 5.74) is 1.93. The smallest absolute Gasteiger partial charge is 0.233 e. The Bertz CT molecular complexity index is 1090. The zero-order chi connectivity index (χ0) is 22.3. The maximum Gasteiger partial charge on any atom is 0.233 e. The van der Waals surface area contributed by atoms with E-state index in [1.807, 2.05) is 70.3 Å². The number of hydrogen-bond acceptors (Lipinski definition) is 6. The van der Waals surface area contributed by atoms with Gasteiger partial charge in [0.2, 0.25) is 5.91 Å². The Balaban J connectivity index is 1.33. The van der Waals surface area contributed by atoms with Crippen LogP contribution in [0.4, 0.5) is 0 Å². The molecule has 1 saturated heterocycles. The summed E-state index contributed by atoms with van der Waals surface area (Å²) in [5.74, 6) is 1.18. The molecule has 164 valence electrons. The normalized spacial score (nSPS) is 15.2. The molecule has 8 heteroatoms. The molecule has 1 atom stereocenters. The summed E-state index contributed by atoms with van der Waals surface area (Å²) >= 11 is 1.43. The van der Waals surface area contributed by atoms with Crippen LogP contribution in [0.1, 0.15) is 11.6 Å².